The topological polar surface area (TPSA) is 37.8 Å². The van der Waals surface area contributed by atoms with Gasteiger partial charge < -0.3 is 5.32 Å². The number of nitrogens with zero attached hydrogens (tertiary/aromatic N) is 2. The quantitative estimate of drug-likeness (QED) is 0.773. The molecule has 3 nitrogen and oxygen atoms in total. The summed E-state index contributed by atoms with van der Waals surface area (Å²) in [5, 5.41) is 4.30. The van der Waals surface area contributed by atoms with Crippen LogP contribution in [-0.4, -0.2) is 9.97 Å². The highest BCUT2D eigenvalue weighted by atomic mass is 79.9. The van der Waals surface area contributed by atoms with E-state index in [1.807, 2.05) is 48.5 Å². The molecule has 18 heavy (non-hydrogen) atoms. The van der Waals surface area contributed by atoms with Crippen LogP contribution in [0.5, 0.6) is 0 Å². The number of aromatic nitrogens is 2. The molecule has 0 aliphatic heterocycles. The van der Waals surface area contributed by atoms with Gasteiger partial charge in [-0.25, -0.2) is 9.97 Å². The number of benzene rings is 2. The average molecular weight is 300 g/mol. The summed E-state index contributed by atoms with van der Waals surface area (Å²) < 4.78 is 1.01. The molecule has 0 aliphatic rings. The number of halogens is 1. The molecule has 0 unspecified atom stereocenters. The Morgan fingerprint density at radius 2 is 1.78 bits per heavy atom. The Morgan fingerprint density at radius 3 is 2.61 bits per heavy atom. The summed E-state index contributed by atoms with van der Waals surface area (Å²) in [5.41, 5.74) is 1.93. The molecule has 0 saturated heterocycles. The Bertz CT molecular complexity index is 683. The lowest BCUT2D eigenvalue weighted by atomic mass is 10.2. The van der Waals surface area contributed by atoms with Crippen LogP contribution in [0.15, 0.2) is 59.3 Å². The van der Waals surface area contributed by atoms with Crippen molar-refractivity contribution >= 4 is 38.3 Å². The van der Waals surface area contributed by atoms with Gasteiger partial charge in [-0.3, -0.25) is 0 Å². The maximum absolute atomic E-state index is 4.30. The van der Waals surface area contributed by atoms with E-state index >= 15 is 0 Å². The Labute approximate surface area is 113 Å². The largest absolute Gasteiger partial charge is 0.340 e. The lowest BCUT2D eigenvalue weighted by Crippen LogP contribution is -1.95. The summed E-state index contributed by atoms with van der Waals surface area (Å²) >= 11 is 3.47. The number of rotatable bonds is 2. The zero-order valence-corrected chi connectivity index (χ0v) is 11.1. The van der Waals surface area contributed by atoms with E-state index < -0.39 is 0 Å². The first-order valence-electron chi connectivity index (χ1n) is 5.55. The third-order valence-electron chi connectivity index (χ3n) is 2.63. The minimum atomic E-state index is 0.813. The summed E-state index contributed by atoms with van der Waals surface area (Å²) in [5.74, 6) is 0.813. The lowest BCUT2D eigenvalue weighted by Gasteiger charge is -2.08. The minimum absolute atomic E-state index is 0.813. The molecular formula is C14H10BrN3. The number of para-hydroxylation sites is 1. The van der Waals surface area contributed by atoms with Crippen LogP contribution in [0, 0.1) is 0 Å². The van der Waals surface area contributed by atoms with Gasteiger partial charge in [0, 0.05) is 15.5 Å². The van der Waals surface area contributed by atoms with Crippen LogP contribution in [-0.2, 0) is 0 Å². The lowest BCUT2D eigenvalue weighted by molar-refractivity contribution is 1.22. The van der Waals surface area contributed by atoms with E-state index in [1.54, 1.807) is 6.33 Å². The van der Waals surface area contributed by atoms with Crippen LogP contribution in [0.3, 0.4) is 0 Å². The normalized spacial score (nSPS) is 10.5. The van der Waals surface area contributed by atoms with Crippen LogP contribution in [0.1, 0.15) is 0 Å². The van der Waals surface area contributed by atoms with Crippen LogP contribution in [0.4, 0.5) is 11.5 Å². The molecule has 0 amide bonds. The van der Waals surface area contributed by atoms with Crippen molar-refractivity contribution in [3.05, 3.63) is 59.3 Å². The summed E-state index contributed by atoms with van der Waals surface area (Å²) in [7, 11) is 0. The molecular weight excluding hydrogens is 290 g/mol. The molecule has 4 heteroatoms. The number of hydrogen-bond donors (Lipinski definition) is 1. The first-order chi connectivity index (χ1) is 8.83. The number of fused-ring (bicyclic) bond motifs is 1. The average Bonchev–Trinajstić information content (AvgIpc) is 2.41. The minimum Gasteiger partial charge on any atom is -0.340 e. The smallest absolute Gasteiger partial charge is 0.141 e. The van der Waals surface area contributed by atoms with E-state index in [0.29, 0.717) is 0 Å². The molecule has 0 bridgehead atoms. The maximum Gasteiger partial charge on any atom is 0.141 e. The van der Waals surface area contributed by atoms with Crippen molar-refractivity contribution in [1.29, 1.82) is 0 Å². The van der Waals surface area contributed by atoms with Gasteiger partial charge in [-0.05, 0) is 30.3 Å². The van der Waals surface area contributed by atoms with Crippen molar-refractivity contribution in [3.63, 3.8) is 0 Å². The van der Waals surface area contributed by atoms with Crippen molar-refractivity contribution in [2.75, 3.05) is 5.32 Å². The summed E-state index contributed by atoms with van der Waals surface area (Å²) in [6, 6.07) is 15.9. The van der Waals surface area contributed by atoms with Crippen molar-refractivity contribution in [2.45, 2.75) is 0 Å². The Morgan fingerprint density at radius 1 is 0.944 bits per heavy atom. The monoisotopic (exact) mass is 299 g/mol. The maximum atomic E-state index is 4.30. The van der Waals surface area contributed by atoms with Crippen molar-refractivity contribution < 1.29 is 0 Å². The second kappa shape index (κ2) is 4.74. The van der Waals surface area contributed by atoms with Crippen molar-refractivity contribution in [1.82, 2.24) is 9.97 Å². The summed E-state index contributed by atoms with van der Waals surface area (Å²) in [6.45, 7) is 0. The molecule has 1 aromatic heterocycles. The Kier molecular flexibility index (Phi) is 2.94. The molecule has 1 heterocycles. The first-order valence-corrected chi connectivity index (χ1v) is 6.34. The van der Waals surface area contributed by atoms with Gasteiger partial charge in [0.2, 0.25) is 0 Å². The highest BCUT2D eigenvalue weighted by Crippen LogP contribution is 2.25. The van der Waals surface area contributed by atoms with Gasteiger partial charge in [-0.15, -0.1) is 0 Å². The van der Waals surface area contributed by atoms with Gasteiger partial charge in [0.25, 0.3) is 0 Å². The molecule has 1 N–H and O–H groups in total. The van der Waals surface area contributed by atoms with E-state index in [-0.39, 0.29) is 0 Å². The fourth-order valence-corrected chi connectivity index (χ4v) is 2.15. The van der Waals surface area contributed by atoms with E-state index in [4.69, 9.17) is 0 Å². The second-order valence-electron chi connectivity index (χ2n) is 3.87. The Hall–Kier alpha value is -1.94. The molecule has 0 radical (unpaired) electrons. The predicted molar refractivity (Wildman–Crippen MR) is 77.0 cm³/mol. The molecule has 0 spiro atoms. The van der Waals surface area contributed by atoms with E-state index in [2.05, 4.69) is 31.2 Å². The molecule has 0 saturated carbocycles. The van der Waals surface area contributed by atoms with Crippen LogP contribution in [0.2, 0.25) is 0 Å². The highest BCUT2D eigenvalue weighted by molar-refractivity contribution is 9.10. The van der Waals surface area contributed by atoms with Gasteiger partial charge in [-0.1, -0.05) is 34.1 Å². The van der Waals surface area contributed by atoms with Gasteiger partial charge in [0.05, 0.1) is 5.52 Å². The fourth-order valence-electron chi connectivity index (χ4n) is 1.79. The molecule has 0 atom stereocenters. The molecule has 88 valence electrons. The van der Waals surface area contributed by atoms with Crippen LogP contribution in [0.25, 0.3) is 10.9 Å². The Balaban J connectivity index is 2.09. The molecule has 3 rings (SSSR count). The molecule has 0 aliphatic carbocycles. The van der Waals surface area contributed by atoms with E-state index in [1.165, 1.54) is 0 Å². The summed E-state index contributed by atoms with van der Waals surface area (Å²) in [6.07, 6.45) is 1.57. The van der Waals surface area contributed by atoms with Crippen molar-refractivity contribution in [3.8, 4) is 0 Å². The third-order valence-corrected chi connectivity index (χ3v) is 3.13. The highest BCUT2D eigenvalue weighted by Gasteiger charge is 2.04. The zero-order chi connectivity index (χ0) is 12.4. The van der Waals surface area contributed by atoms with Gasteiger partial charge >= 0.3 is 0 Å². The fraction of sp³-hybridized carbons (Fsp3) is 0. The van der Waals surface area contributed by atoms with E-state index in [0.717, 1.165) is 26.9 Å². The zero-order valence-electron chi connectivity index (χ0n) is 9.47. The van der Waals surface area contributed by atoms with Gasteiger partial charge in [0.1, 0.15) is 12.1 Å². The number of hydrogen-bond acceptors (Lipinski definition) is 3. The standard InChI is InChI=1S/C14H10BrN3/c15-10-6-7-13-12(8-10)14(17-9-16-13)18-11-4-2-1-3-5-11/h1-9H,(H,16,17,18). The predicted octanol–water partition coefficient (Wildman–Crippen LogP) is 4.14. The van der Waals surface area contributed by atoms with Gasteiger partial charge in [-0.2, -0.15) is 0 Å². The van der Waals surface area contributed by atoms with E-state index in [9.17, 15) is 0 Å². The van der Waals surface area contributed by atoms with Gasteiger partial charge in [0.15, 0.2) is 0 Å². The number of anilines is 2. The second-order valence-corrected chi connectivity index (χ2v) is 4.79. The van der Waals surface area contributed by atoms with Crippen molar-refractivity contribution in [2.24, 2.45) is 0 Å². The molecule has 0 fully saturated rings. The SMILES string of the molecule is Brc1ccc2ncnc(Nc3ccccc3)c2c1. The van der Waals surface area contributed by atoms with Crippen LogP contribution < -0.4 is 5.32 Å². The molecule has 2 aromatic carbocycles. The molecule has 3 aromatic rings. The third kappa shape index (κ3) is 2.19. The summed E-state index contributed by atoms with van der Waals surface area (Å²) in [4.78, 5) is 8.55. The first kappa shape index (κ1) is 11.2. The van der Waals surface area contributed by atoms with Crippen LogP contribution >= 0.6 is 15.9 Å². The number of nitrogens with one attached hydrogen (secondary N) is 1.